The number of aromatic carboxylic acids is 1. The van der Waals surface area contributed by atoms with Crippen LogP contribution in [0.3, 0.4) is 0 Å². The summed E-state index contributed by atoms with van der Waals surface area (Å²) in [5.41, 5.74) is -0.152. The molecule has 0 spiro atoms. The van der Waals surface area contributed by atoms with Crippen LogP contribution in [0.1, 0.15) is 29.6 Å². The minimum Gasteiger partial charge on any atom is -0.478 e. The van der Waals surface area contributed by atoms with Gasteiger partial charge < -0.3 is 10.4 Å². The molecule has 108 valence electrons. The molecule has 6 nitrogen and oxygen atoms in total. The second kappa shape index (κ2) is 5.70. The van der Waals surface area contributed by atoms with E-state index < -0.39 is 10.9 Å². The lowest BCUT2D eigenvalue weighted by molar-refractivity contribution is -0.384. The standard InChI is InChI=1S/C13H16N2O4S/c1-20-13(6-3-7-13)8-14-11-9(12(16)17)4-2-5-10(11)15(18)19/h2,4-5,14H,3,6-8H2,1H3,(H,16,17). The van der Waals surface area contributed by atoms with Gasteiger partial charge in [0.2, 0.25) is 0 Å². The number of nitrogens with one attached hydrogen (secondary N) is 1. The van der Waals surface area contributed by atoms with Gasteiger partial charge in [-0.25, -0.2) is 4.79 Å². The zero-order valence-electron chi connectivity index (χ0n) is 11.1. The zero-order valence-corrected chi connectivity index (χ0v) is 11.9. The summed E-state index contributed by atoms with van der Waals surface area (Å²) in [4.78, 5) is 21.7. The first kappa shape index (κ1) is 14.6. The Hall–Kier alpha value is -1.76. The average Bonchev–Trinajstić information content (AvgIpc) is 2.37. The number of para-hydroxylation sites is 1. The number of rotatable bonds is 6. The van der Waals surface area contributed by atoms with Crippen molar-refractivity contribution in [1.29, 1.82) is 0 Å². The Kier molecular flexibility index (Phi) is 4.17. The smallest absolute Gasteiger partial charge is 0.338 e. The van der Waals surface area contributed by atoms with E-state index >= 15 is 0 Å². The first-order valence-electron chi connectivity index (χ1n) is 6.29. The lowest BCUT2D eigenvalue weighted by Crippen LogP contribution is -2.40. The van der Waals surface area contributed by atoms with Gasteiger partial charge >= 0.3 is 5.97 Å². The maximum Gasteiger partial charge on any atom is 0.338 e. The Morgan fingerprint density at radius 2 is 2.25 bits per heavy atom. The average molecular weight is 296 g/mol. The third-order valence-electron chi connectivity index (χ3n) is 3.75. The van der Waals surface area contributed by atoms with Gasteiger partial charge in [0.1, 0.15) is 5.69 Å². The number of carboxylic acid groups (broad SMARTS) is 1. The van der Waals surface area contributed by atoms with E-state index in [1.807, 2.05) is 6.26 Å². The molecule has 0 radical (unpaired) electrons. The van der Waals surface area contributed by atoms with Crippen molar-refractivity contribution in [2.24, 2.45) is 0 Å². The van der Waals surface area contributed by atoms with Crippen molar-refractivity contribution >= 4 is 29.1 Å². The topological polar surface area (TPSA) is 92.5 Å². The number of thioether (sulfide) groups is 1. The molecule has 1 saturated carbocycles. The molecule has 0 bridgehead atoms. The highest BCUT2D eigenvalue weighted by molar-refractivity contribution is 8.00. The molecule has 0 heterocycles. The maximum atomic E-state index is 11.2. The molecule has 1 fully saturated rings. The second-order valence-corrected chi connectivity index (χ2v) is 6.13. The monoisotopic (exact) mass is 296 g/mol. The van der Waals surface area contributed by atoms with Crippen LogP contribution in [0, 0.1) is 10.1 Å². The minimum atomic E-state index is -1.16. The van der Waals surface area contributed by atoms with Gasteiger partial charge in [-0.05, 0) is 25.2 Å². The first-order chi connectivity index (χ1) is 9.49. The summed E-state index contributed by atoms with van der Waals surface area (Å²) >= 11 is 1.73. The lowest BCUT2D eigenvalue weighted by Gasteiger charge is -2.40. The molecule has 20 heavy (non-hydrogen) atoms. The predicted octanol–water partition coefficient (Wildman–Crippen LogP) is 2.99. The van der Waals surface area contributed by atoms with Gasteiger partial charge in [0.05, 0.1) is 10.5 Å². The van der Waals surface area contributed by atoms with Gasteiger partial charge in [0, 0.05) is 17.4 Å². The number of anilines is 1. The fourth-order valence-electron chi connectivity index (χ4n) is 2.33. The highest BCUT2D eigenvalue weighted by Crippen LogP contribution is 2.43. The van der Waals surface area contributed by atoms with E-state index in [-0.39, 0.29) is 21.7 Å². The van der Waals surface area contributed by atoms with Crippen LogP contribution in [-0.4, -0.2) is 33.5 Å². The van der Waals surface area contributed by atoms with Crippen LogP contribution < -0.4 is 5.32 Å². The number of nitro groups is 1. The van der Waals surface area contributed by atoms with Gasteiger partial charge in [-0.2, -0.15) is 11.8 Å². The van der Waals surface area contributed by atoms with Crippen molar-refractivity contribution in [2.75, 3.05) is 18.1 Å². The number of benzene rings is 1. The number of hydrogen-bond donors (Lipinski definition) is 2. The molecule has 1 aliphatic carbocycles. The fraction of sp³-hybridized carbons (Fsp3) is 0.462. The molecule has 0 aliphatic heterocycles. The largest absolute Gasteiger partial charge is 0.478 e. The van der Waals surface area contributed by atoms with Crippen molar-refractivity contribution < 1.29 is 14.8 Å². The van der Waals surface area contributed by atoms with Crippen LogP contribution in [0.5, 0.6) is 0 Å². The summed E-state index contributed by atoms with van der Waals surface area (Å²) in [6.07, 6.45) is 5.25. The summed E-state index contributed by atoms with van der Waals surface area (Å²) in [6, 6.07) is 4.09. The van der Waals surface area contributed by atoms with Gasteiger partial charge in [0.15, 0.2) is 0 Å². The predicted molar refractivity (Wildman–Crippen MR) is 78.6 cm³/mol. The molecule has 2 rings (SSSR count). The molecule has 1 aromatic carbocycles. The van der Waals surface area contributed by atoms with Gasteiger partial charge in [-0.15, -0.1) is 0 Å². The Morgan fingerprint density at radius 3 is 2.70 bits per heavy atom. The van der Waals surface area contributed by atoms with Crippen LogP contribution in [0.15, 0.2) is 18.2 Å². The van der Waals surface area contributed by atoms with Crippen molar-refractivity contribution in [3.05, 3.63) is 33.9 Å². The van der Waals surface area contributed by atoms with E-state index in [0.717, 1.165) is 19.3 Å². The maximum absolute atomic E-state index is 11.2. The normalized spacial score (nSPS) is 16.2. The molecular formula is C13H16N2O4S. The van der Waals surface area contributed by atoms with E-state index in [4.69, 9.17) is 5.11 Å². The van der Waals surface area contributed by atoms with Crippen molar-refractivity contribution in [2.45, 2.75) is 24.0 Å². The zero-order chi connectivity index (χ0) is 14.8. The Labute approximate surface area is 120 Å². The summed E-state index contributed by atoms with van der Waals surface area (Å²) in [5, 5.41) is 23.2. The van der Waals surface area contributed by atoms with Crippen LogP contribution in [-0.2, 0) is 0 Å². The molecule has 1 aromatic rings. The lowest BCUT2D eigenvalue weighted by atomic mass is 9.84. The highest BCUT2D eigenvalue weighted by Gasteiger charge is 2.36. The van der Waals surface area contributed by atoms with Crippen LogP contribution in [0.2, 0.25) is 0 Å². The number of nitro benzene ring substituents is 1. The highest BCUT2D eigenvalue weighted by atomic mass is 32.2. The Bertz CT molecular complexity index is 505. The third kappa shape index (κ3) is 2.72. The number of hydrogen-bond acceptors (Lipinski definition) is 5. The molecule has 0 unspecified atom stereocenters. The Balaban J connectivity index is 2.28. The SMILES string of the molecule is CSC1(CNc2c(C(=O)O)cccc2[N+](=O)[O-])CCC1. The molecule has 0 amide bonds. The first-order valence-corrected chi connectivity index (χ1v) is 7.51. The quantitative estimate of drug-likeness (QED) is 0.619. The van der Waals surface area contributed by atoms with Crippen LogP contribution >= 0.6 is 11.8 Å². The molecule has 0 aromatic heterocycles. The molecule has 1 aliphatic rings. The number of nitrogens with zero attached hydrogens (tertiary/aromatic N) is 1. The van der Waals surface area contributed by atoms with Gasteiger partial charge in [-0.1, -0.05) is 12.5 Å². The molecule has 2 N–H and O–H groups in total. The summed E-state index contributed by atoms with van der Waals surface area (Å²) in [6.45, 7) is 0.541. The van der Waals surface area contributed by atoms with Gasteiger partial charge in [0.25, 0.3) is 5.69 Å². The molecular weight excluding hydrogens is 280 g/mol. The van der Waals surface area contributed by atoms with Crippen molar-refractivity contribution in [3.63, 3.8) is 0 Å². The van der Waals surface area contributed by atoms with Gasteiger partial charge in [-0.3, -0.25) is 10.1 Å². The Morgan fingerprint density at radius 1 is 1.55 bits per heavy atom. The molecule has 0 saturated heterocycles. The summed E-state index contributed by atoms with van der Waals surface area (Å²) in [5.74, 6) is -1.16. The fourth-order valence-corrected chi connectivity index (χ4v) is 3.24. The van der Waals surface area contributed by atoms with E-state index in [0.29, 0.717) is 6.54 Å². The van der Waals surface area contributed by atoms with Crippen LogP contribution in [0.25, 0.3) is 0 Å². The molecule has 0 atom stereocenters. The third-order valence-corrected chi connectivity index (χ3v) is 5.17. The summed E-state index contributed by atoms with van der Waals surface area (Å²) < 4.78 is 0.0689. The summed E-state index contributed by atoms with van der Waals surface area (Å²) in [7, 11) is 0. The second-order valence-electron chi connectivity index (χ2n) is 4.86. The number of carboxylic acids is 1. The number of carbonyl (C=O) groups is 1. The minimum absolute atomic E-state index is 0.0604. The van der Waals surface area contributed by atoms with Crippen LogP contribution in [0.4, 0.5) is 11.4 Å². The molecule has 7 heteroatoms. The van der Waals surface area contributed by atoms with E-state index in [1.165, 1.54) is 18.2 Å². The van der Waals surface area contributed by atoms with E-state index in [1.54, 1.807) is 11.8 Å². The van der Waals surface area contributed by atoms with Crippen molar-refractivity contribution in [1.82, 2.24) is 0 Å². The van der Waals surface area contributed by atoms with E-state index in [9.17, 15) is 14.9 Å². The van der Waals surface area contributed by atoms with Crippen molar-refractivity contribution in [3.8, 4) is 0 Å². The van der Waals surface area contributed by atoms with E-state index in [2.05, 4.69) is 5.32 Å².